The van der Waals surface area contributed by atoms with E-state index in [0.717, 1.165) is 6.26 Å². The van der Waals surface area contributed by atoms with Crippen molar-refractivity contribution in [1.82, 2.24) is 0 Å². The van der Waals surface area contributed by atoms with Gasteiger partial charge in [0.1, 0.15) is 18.6 Å². The number of hydrogen-bond acceptors (Lipinski definition) is 5. The molecule has 0 aliphatic rings. The number of sulfone groups is 1. The van der Waals surface area contributed by atoms with E-state index in [1.807, 2.05) is 0 Å². The molecule has 0 atom stereocenters. The molecular weight excluding hydrogens is 280 g/mol. The van der Waals surface area contributed by atoms with Gasteiger partial charge >= 0.3 is 5.97 Å². The van der Waals surface area contributed by atoms with Crippen LogP contribution in [0.3, 0.4) is 0 Å². The first-order chi connectivity index (χ1) is 9.38. The van der Waals surface area contributed by atoms with E-state index in [1.165, 1.54) is 12.3 Å². The third kappa shape index (κ3) is 3.27. The van der Waals surface area contributed by atoms with Crippen LogP contribution >= 0.6 is 0 Å². The molecule has 5 nitrogen and oxygen atoms in total. The fourth-order valence-corrected chi connectivity index (χ4v) is 2.69. The molecule has 0 spiro atoms. The molecule has 0 bridgehead atoms. The number of carbonyl (C=O) groups is 1. The Kier molecular flexibility index (Phi) is 3.94. The van der Waals surface area contributed by atoms with E-state index in [0.29, 0.717) is 16.9 Å². The summed E-state index contributed by atoms with van der Waals surface area (Å²) in [6.45, 7) is 1.61. The molecule has 0 saturated carbocycles. The molecule has 0 aliphatic carbocycles. The summed E-state index contributed by atoms with van der Waals surface area (Å²) >= 11 is 0. The number of aryl methyl sites for hydroxylation is 1. The number of ether oxygens (including phenoxy) is 1. The first-order valence-corrected chi connectivity index (χ1v) is 7.77. The van der Waals surface area contributed by atoms with Crippen molar-refractivity contribution in [1.29, 1.82) is 0 Å². The smallest absolute Gasteiger partial charge is 0.341 e. The van der Waals surface area contributed by atoms with Crippen LogP contribution in [-0.4, -0.2) is 20.6 Å². The van der Waals surface area contributed by atoms with Crippen molar-refractivity contribution in [3.05, 3.63) is 53.5 Å². The number of furan rings is 1. The first-order valence-electron chi connectivity index (χ1n) is 5.88. The lowest BCUT2D eigenvalue weighted by Crippen LogP contribution is -2.08. The van der Waals surface area contributed by atoms with Gasteiger partial charge in [-0.15, -0.1) is 0 Å². The highest BCUT2D eigenvalue weighted by atomic mass is 32.2. The molecule has 0 amide bonds. The standard InChI is InChI=1S/C14H14O5S/c1-10-7-12(9-18-10)14(15)19-8-11-5-3-4-6-13(11)20(2,16)17/h3-7,9H,8H2,1-2H3. The Bertz CT molecular complexity index is 728. The normalized spacial score (nSPS) is 11.3. The lowest BCUT2D eigenvalue weighted by molar-refractivity contribution is 0.0468. The lowest BCUT2D eigenvalue weighted by Gasteiger charge is -2.08. The molecule has 1 heterocycles. The molecule has 0 radical (unpaired) electrons. The lowest BCUT2D eigenvalue weighted by atomic mass is 10.2. The van der Waals surface area contributed by atoms with Gasteiger partial charge in [-0.25, -0.2) is 13.2 Å². The first kappa shape index (κ1) is 14.3. The Hall–Kier alpha value is -2.08. The predicted octanol–water partition coefficient (Wildman–Crippen LogP) is 2.35. The van der Waals surface area contributed by atoms with Gasteiger partial charge in [0, 0.05) is 11.8 Å². The van der Waals surface area contributed by atoms with Crippen LogP contribution in [0.25, 0.3) is 0 Å². The quantitative estimate of drug-likeness (QED) is 0.809. The Morgan fingerprint density at radius 2 is 2.00 bits per heavy atom. The van der Waals surface area contributed by atoms with E-state index in [1.54, 1.807) is 31.2 Å². The van der Waals surface area contributed by atoms with Gasteiger partial charge in [-0.2, -0.15) is 0 Å². The molecule has 0 unspecified atom stereocenters. The van der Waals surface area contributed by atoms with Crippen molar-refractivity contribution in [3.63, 3.8) is 0 Å². The molecule has 0 fully saturated rings. The van der Waals surface area contributed by atoms with E-state index in [-0.39, 0.29) is 11.5 Å². The summed E-state index contributed by atoms with van der Waals surface area (Å²) in [5.74, 6) is 0.0543. The molecule has 2 aromatic rings. The van der Waals surface area contributed by atoms with Crippen LogP contribution < -0.4 is 0 Å². The average molecular weight is 294 g/mol. The minimum absolute atomic E-state index is 0.105. The molecule has 20 heavy (non-hydrogen) atoms. The average Bonchev–Trinajstić information content (AvgIpc) is 2.82. The topological polar surface area (TPSA) is 73.6 Å². The summed E-state index contributed by atoms with van der Waals surface area (Å²) < 4.78 is 33.4. The Labute approximate surface area is 117 Å². The Balaban J connectivity index is 2.14. The van der Waals surface area contributed by atoms with E-state index >= 15 is 0 Å². The fourth-order valence-electron chi connectivity index (χ4n) is 1.76. The highest BCUT2D eigenvalue weighted by Gasteiger charge is 2.15. The van der Waals surface area contributed by atoms with Gasteiger partial charge in [-0.05, 0) is 19.1 Å². The molecule has 1 aromatic heterocycles. The van der Waals surface area contributed by atoms with Gasteiger partial charge in [-0.3, -0.25) is 0 Å². The van der Waals surface area contributed by atoms with Crippen LogP contribution in [0.5, 0.6) is 0 Å². The molecule has 1 aromatic carbocycles. The van der Waals surface area contributed by atoms with E-state index in [4.69, 9.17) is 9.15 Å². The van der Waals surface area contributed by atoms with E-state index < -0.39 is 15.8 Å². The second kappa shape index (κ2) is 5.50. The summed E-state index contributed by atoms with van der Waals surface area (Å²) in [6.07, 6.45) is 2.42. The monoisotopic (exact) mass is 294 g/mol. The maximum Gasteiger partial charge on any atom is 0.341 e. The summed E-state index contributed by atoms with van der Waals surface area (Å²) in [4.78, 5) is 11.9. The maximum atomic E-state index is 11.8. The molecule has 6 heteroatoms. The molecule has 0 saturated heterocycles. The number of hydrogen-bond donors (Lipinski definition) is 0. The summed E-state index contributed by atoms with van der Waals surface area (Å²) in [5, 5.41) is 0. The van der Waals surface area contributed by atoms with Crippen LogP contribution in [0.4, 0.5) is 0 Å². The van der Waals surface area contributed by atoms with Gasteiger partial charge in [0.25, 0.3) is 0 Å². The summed E-state index contributed by atoms with van der Waals surface area (Å²) in [6, 6.07) is 7.98. The van der Waals surface area contributed by atoms with Crippen LogP contribution in [0, 0.1) is 6.92 Å². The van der Waals surface area contributed by atoms with Crippen LogP contribution in [0.15, 0.2) is 45.9 Å². The second-order valence-corrected chi connectivity index (χ2v) is 6.39. The SMILES string of the molecule is Cc1cc(C(=O)OCc2ccccc2S(C)(=O)=O)co1. The second-order valence-electron chi connectivity index (χ2n) is 4.40. The van der Waals surface area contributed by atoms with Crippen molar-refractivity contribution in [3.8, 4) is 0 Å². The van der Waals surface area contributed by atoms with Crippen molar-refractivity contribution in [2.45, 2.75) is 18.4 Å². The minimum atomic E-state index is -3.35. The van der Waals surface area contributed by atoms with E-state index in [2.05, 4.69) is 0 Å². The molecule has 2 rings (SSSR count). The third-order valence-electron chi connectivity index (χ3n) is 2.70. The highest BCUT2D eigenvalue weighted by molar-refractivity contribution is 7.90. The van der Waals surface area contributed by atoms with Gasteiger partial charge in [0.2, 0.25) is 0 Å². The zero-order chi connectivity index (χ0) is 14.8. The van der Waals surface area contributed by atoms with Gasteiger partial charge in [-0.1, -0.05) is 18.2 Å². The van der Waals surface area contributed by atoms with Crippen LogP contribution in [0.2, 0.25) is 0 Å². The maximum absolute atomic E-state index is 11.8. The number of benzene rings is 1. The fraction of sp³-hybridized carbons (Fsp3) is 0.214. The summed E-state index contributed by atoms with van der Waals surface area (Å²) in [7, 11) is -3.35. The third-order valence-corrected chi connectivity index (χ3v) is 3.89. The van der Waals surface area contributed by atoms with Crippen LogP contribution in [-0.2, 0) is 21.2 Å². The number of esters is 1. The van der Waals surface area contributed by atoms with Gasteiger partial charge in [0.05, 0.1) is 10.5 Å². The van der Waals surface area contributed by atoms with Crippen molar-refractivity contribution < 1.29 is 22.4 Å². The molecular formula is C14H14O5S. The van der Waals surface area contributed by atoms with E-state index in [9.17, 15) is 13.2 Å². The zero-order valence-corrected chi connectivity index (χ0v) is 11.9. The van der Waals surface area contributed by atoms with Gasteiger partial charge < -0.3 is 9.15 Å². The van der Waals surface area contributed by atoms with Crippen molar-refractivity contribution in [2.24, 2.45) is 0 Å². The molecule has 106 valence electrons. The highest BCUT2D eigenvalue weighted by Crippen LogP contribution is 2.17. The zero-order valence-electron chi connectivity index (χ0n) is 11.1. The summed E-state index contributed by atoms with van der Waals surface area (Å²) in [5.41, 5.74) is 0.753. The van der Waals surface area contributed by atoms with Gasteiger partial charge in [0.15, 0.2) is 9.84 Å². The van der Waals surface area contributed by atoms with Crippen molar-refractivity contribution in [2.75, 3.05) is 6.26 Å². The number of rotatable bonds is 4. The number of carbonyl (C=O) groups excluding carboxylic acids is 1. The molecule has 0 N–H and O–H groups in total. The van der Waals surface area contributed by atoms with Crippen LogP contribution in [0.1, 0.15) is 21.7 Å². The minimum Gasteiger partial charge on any atom is -0.469 e. The molecule has 0 aliphatic heterocycles. The Morgan fingerprint density at radius 1 is 1.30 bits per heavy atom. The Morgan fingerprint density at radius 3 is 2.60 bits per heavy atom. The predicted molar refractivity (Wildman–Crippen MR) is 72.1 cm³/mol. The van der Waals surface area contributed by atoms with Crippen molar-refractivity contribution >= 4 is 15.8 Å². The largest absolute Gasteiger partial charge is 0.469 e.